The van der Waals surface area contributed by atoms with Gasteiger partial charge in [0, 0.05) is 6.08 Å². The fraction of sp³-hybridized carbons (Fsp3) is 0.333. The van der Waals surface area contributed by atoms with Gasteiger partial charge in [-0.25, -0.2) is 4.79 Å². The molecule has 6 heteroatoms. The van der Waals surface area contributed by atoms with Crippen molar-refractivity contribution in [2.24, 2.45) is 5.16 Å². The Morgan fingerprint density at radius 1 is 1.83 bits per heavy atom. The van der Waals surface area contributed by atoms with Crippen molar-refractivity contribution in [2.45, 2.75) is 6.10 Å². The van der Waals surface area contributed by atoms with Crippen molar-refractivity contribution in [1.29, 1.82) is 0 Å². The number of nitrogens with zero attached hydrogens (tertiary/aromatic N) is 1. The molecule has 1 atom stereocenters. The molecule has 0 aromatic heterocycles. The molecular formula is C6H10N2O4. The maximum absolute atomic E-state index is 10.4. The third-order valence-corrected chi connectivity index (χ3v) is 1.14. The summed E-state index contributed by atoms with van der Waals surface area (Å²) in [4.78, 5) is 14.8. The normalized spacial score (nSPS) is 23.1. The van der Waals surface area contributed by atoms with Gasteiger partial charge in [-0.1, -0.05) is 5.16 Å². The lowest BCUT2D eigenvalue weighted by Gasteiger charge is -2.03. The van der Waals surface area contributed by atoms with E-state index in [-0.39, 0.29) is 11.9 Å². The molecule has 1 unspecified atom stereocenters. The fourth-order valence-electron chi connectivity index (χ4n) is 0.713. The second kappa shape index (κ2) is 4.35. The Bertz CT molecular complexity index is 224. The molecule has 0 radical (unpaired) electrons. The summed E-state index contributed by atoms with van der Waals surface area (Å²) < 4.78 is 4.69. The summed E-state index contributed by atoms with van der Waals surface area (Å²) in [6.45, 7) is 0. The molecule has 68 valence electrons. The minimum Gasteiger partial charge on any atom is -0.480 e. The van der Waals surface area contributed by atoms with Gasteiger partial charge in [-0.05, 0) is 0 Å². The van der Waals surface area contributed by atoms with Gasteiger partial charge in [0.05, 0.1) is 6.26 Å². The van der Waals surface area contributed by atoms with Crippen molar-refractivity contribution in [3.63, 3.8) is 0 Å². The first-order valence-electron chi connectivity index (χ1n) is 2.91. The monoisotopic (exact) mass is 174 g/mol. The second-order valence-corrected chi connectivity index (χ2v) is 1.86. The molecule has 0 bridgehead atoms. The Hall–Kier alpha value is -1.56. The van der Waals surface area contributed by atoms with E-state index in [4.69, 9.17) is 5.11 Å². The summed E-state index contributed by atoms with van der Waals surface area (Å²) in [6.07, 6.45) is 1.70. The number of hydrogen-bond donors (Lipinski definition) is 2. The Balaban J connectivity index is 0.00000121. The van der Waals surface area contributed by atoms with Gasteiger partial charge in [0.1, 0.15) is 12.8 Å². The van der Waals surface area contributed by atoms with Crippen LogP contribution in [0.5, 0.6) is 0 Å². The van der Waals surface area contributed by atoms with Crippen molar-refractivity contribution in [1.82, 2.24) is 6.15 Å². The smallest absolute Gasteiger partial charge is 0.351 e. The first-order chi connectivity index (χ1) is 5.25. The summed E-state index contributed by atoms with van der Waals surface area (Å²) in [5, 5.41) is 12.0. The first-order valence-corrected chi connectivity index (χ1v) is 2.91. The van der Waals surface area contributed by atoms with E-state index >= 15 is 0 Å². The molecule has 1 heterocycles. The maximum atomic E-state index is 10.4. The highest BCUT2D eigenvalue weighted by atomic mass is 16.6. The van der Waals surface area contributed by atoms with Gasteiger partial charge in [0.25, 0.3) is 0 Å². The molecule has 0 saturated heterocycles. The van der Waals surface area contributed by atoms with Crippen molar-refractivity contribution in [3.8, 4) is 0 Å². The van der Waals surface area contributed by atoms with E-state index in [9.17, 15) is 4.79 Å². The molecule has 1 aliphatic heterocycles. The number of carbonyl (C=O) groups is 1. The highest BCUT2D eigenvalue weighted by Gasteiger charge is 2.27. The van der Waals surface area contributed by atoms with Crippen molar-refractivity contribution < 1.29 is 19.5 Å². The average Bonchev–Trinajstić information content (AvgIpc) is 2.36. The Kier molecular flexibility index (Phi) is 3.78. The van der Waals surface area contributed by atoms with Crippen LogP contribution in [-0.4, -0.2) is 30.0 Å². The second-order valence-electron chi connectivity index (χ2n) is 1.86. The lowest BCUT2D eigenvalue weighted by molar-refractivity contribution is -0.143. The van der Waals surface area contributed by atoms with E-state index in [2.05, 4.69) is 14.7 Å². The van der Waals surface area contributed by atoms with E-state index in [1.165, 1.54) is 19.4 Å². The number of ether oxygens (including phenoxy) is 1. The van der Waals surface area contributed by atoms with Crippen molar-refractivity contribution in [3.05, 3.63) is 12.3 Å². The van der Waals surface area contributed by atoms with E-state index < -0.39 is 12.1 Å². The highest BCUT2D eigenvalue weighted by molar-refractivity contribution is 6.11. The lowest BCUT2D eigenvalue weighted by Crippen LogP contribution is -2.26. The molecule has 0 saturated carbocycles. The van der Waals surface area contributed by atoms with E-state index in [0.717, 1.165) is 0 Å². The topological polar surface area (TPSA) is 103 Å². The zero-order chi connectivity index (χ0) is 8.27. The summed E-state index contributed by atoms with van der Waals surface area (Å²) >= 11 is 0. The van der Waals surface area contributed by atoms with Gasteiger partial charge in [-0.15, -0.1) is 0 Å². The van der Waals surface area contributed by atoms with E-state index in [0.29, 0.717) is 0 Å². The van der Waals surface area contributed by atoms with Gasteiger partial charge in [-0.2, -0.15) is 0 Å². The Morgan fingerprint density at radius 2 is 2.50 bits per heavy atom. The van der Waals surface area contributed by atoms with Crippen molar-refractivity contribution >= 4 is 11.7 Å². The van der Waals surface area contributed by atoms with Gasteiger partial charge in [0.15, 0.2) is 0 Å². The van der Waals surface area contributed by atoms with E-state index in [1.807, 2.05) is 0 Å². The predicted molar refractivity (Wildman–Crippen MR) is 41.1 cm³/mol. The SMILES string of the molecule is CO/N=C1/C=COC1C(=O)O.N. The zero-order valence-electron chi connectivity index (χ0n) is 6.56. The molecule has 6 nitrogen and oxygen atoms in total. The van der Waals surface area contributed by atoms with Crippen LogP contribution in [0.3, 0.4) is 0 Å². The van der Waals surface area contributed by atoms with Crippen LogP contribution in [0.2, 0.25) is 0 Å². The Morgan fingerprint density at radius 3 is 3.00 bits per heavy atom. The number of hydrogen-bond acceptors (Lipinski definition) is 5. The first kappa shape index (κ1) is 10.4. The van der Waals surface area contributed by atoms with Crippen LogP contribution in [0.4, 0.5) is 0 Å². The molecule has 0 amide bonds. The van der Waals surface area contributed by atoms with Crippen LogP contribution in [-0.2, 0) is 14.4 Å². The van der Waals surface area contributed by atoms with Crippen LogP contribution >= 0.6 is 0 Å². The Labute approximate surface area is 69.0 Å². The van der Waals surface area contributed by atoms with Crippen molar-refractivity contribution in [2.75, 3.05) is 7.11 Å². The molecule has 0 aromatic carbocycles. The van der Waals surface area contributed by atoms with Crippen LogP contribution in [0.25, 0.3) is 0 Å². The van der Waals surface area contributed by atoms with Crippen LogP contribution < -0.4 is 6.15 Å². The van der Waals surface area contributed by atoms with E-state index in [1.54, 1.807) is 0 Å². The van der Waals surface area contributed by atoms with Gasteiger partial charge >= 0.3 is 5.97 Å². The summed E-state index contributed by atoms with van der Waals surface area (Å²) in [6, 6.07) is 0. The molecule has 0 aliphatic carbocycles. The van der Waals surface area contributed by atoms with Gasteiger partial charge in [-0.3, -0.25) is 0 Å². The molecule has 1 aliphatic rings. The number of aliphatic carboxylic acids is 1. The molecule has 0 spiro atoms. The number of rotatable bonds is 2. The summed E-state index contributed by atoms with van der Waals surface area (Å²) in [5.41, 5.74) is 0.264. The molecule has 4 N–H and O–H groups in total. The fourth-order valence-corrected chi connectivity index (χ4v) is 0.713. The largest absolute Gasteiger partial charge is 0.480 e. The van der Waals surface area contributed by atoms with Gasteiger partial charge < -0.3 is 20.8 Å². The standard InChI is InChI=1S/C6H7NO4.H3N/c1-10-7-4-2-3-11-5(4)6(8)9;/h2-3,5H,1H3,(H,8,9);1H3/b7-4-;. The number of oxime groups is 1. The highest BCUT2D eigenvalue weighted by Crippen LogP contribution is 2.06. The minimum atomic E-state index is -1.08. The zero-order valence-corrected chi connectivity index (χ0v) is 6.56. The minimum absolute atomic E-state index is 0. The van der Waals surface area contributed by atoms with Crippen LogP contribution in [0.1, 0.15) is 0 Å². The average molecular weight is 174 g/mol. The van der Waals surface area contributed by atoms with Gasteiger partial charge in [0.2, 0.25) is 6.10 Å². The third-order valence-electron chi connectivity index (χ3n) is 1.14. The number of carboxylic acids is 1. The predicted octanol–water partition coefficient (Wildman–Crippen LogP) is 0.148. The molecular weight excluding hydrogens is 164 g/mol. The number of carboxylic acid groups (broad SMARTS) is 1. The summed E-state index contributed by atoms with van der Waals surface area (Å²) in [5.74, 6) is -1.08. The third kappa shape index (κ3) is 1.96. The van der Waals surface area contributed by atoms with Crippen LogP contribution in [0, 0.1) is 0 Å². The van der Waals surface area contributed by atoms with Crippen LogP contribution in [0.15, 0.2) is 17.5 Å². The quantitative estimate of drug-likeness (QED) is 0.580. The lowest BCUT2D eigenvalue weighted by atomic mass is 10.2. The molecule has 12 heavy (non-hydrogen) atoms. The summed E-state index contributed by atoms with van der Waals surface area (Å²) in [7, 11) is 1.35. The molecule has 1 rings (SSSR count). The molecule has 0 aromatic rings. The maximum Gasteiger partial charge on any atom is 0.351 e. The molecule has 0 fully saturated rings.